The first-order chi connectivity index (χ1) is 10.0. The van der Waals surface area contributed by atoms with Crippen molar-refractivity contribution in [2.75, 3.05) is 7.11 Å². The van der Waals surface area contributed by atoms with E-state index in [2.05, 4.69) is 15.0 Å². The van der Waals surface area contributed by atoms with Gasteiger partial charge >= 0.3 is 5.97 Å². The van der Waals surface area contributed by atoms with Crippen molar-refractivity contribution in [3.05, 3.63) is 41.0 Å². The van der Waals surface area contributed by atoms with E-state index in [0.29, 0.717) is 28.2 Å². The zero-order valence-corrected chi connectivity index (χ0v) is 12.8. The number of thioether (sulfide) groups is 1. The number of pyridine rings is 1. The van der Waals surface area contributed by atoms with E-state index in [1.54, 1.807) is 27.0 Å². The van der Waals surface area contributed by atoms with E-state index < -0.39 is 5.97 Å². The number of aromatic nitrogens is 3. The third-order valence-corrected chi connectivity index (χ3v) is 3.74. The Morgan fingerprint density at radius 3 is 2.71 bits per heavy atom. The second-order valence-corrected chi connectivity index (χ2v) is 5.27. The second kappa shape index (κ2) is 6.53. The van der Waals surface area contributed by atoms with Crippen LogP contribution < -0.4 is 4.74 Å². The Kier molecular flexibility index (Phi) is 4.74. The van der Waals surface area contributed by atoms with Crippen molar-refractivity contribution in [2.45, 2.75) is 24.6 Å². The molecular weight excluding hydrogens is 290 g/mol. The highest BCUT2D eigenvalue weighted by Crippen LogP contribution is 2.26. The smallest absolute Gasteiger partial charge is 0.340 e. The number of carboxylic acids is 1. The van der Waals surface area contributed by atoms with Gasteiger partial charge in [-0.15, -0.1) is 0 Å². The molecule has 0 unspecified atom stereocenters. The molecule has 0 amide bonds. The minimum Gasteiger partial charge on any atom is -0.481 e. The molecule has 2 heterocycles. The maximum atomic E-state index is 11.3. The lowest BCUT2D eigenvalue weighted by Crippen LogP contribution is -2.08. The number of hydrogen-bond acceptors (Lipinski definition) is 6. The van der Waals surface area contributed by atoms with Gasteiger partial charge in [-0.2, -0.15) is 0 Å². The van der Waals surface area contributed by atoms with Gasteiger partial charge in [0.1, 0.15) is 16.4 Å². The Morgan fingerprint density at radius 1 is 1.29 bits per heavy atom. The molecule has 110 valence electrons. The zero-order valence-electron chi connectivity index (χ0n) is 12.0. The van der Waals surface area contributed by atoms with Gasteiger partial charge in [-0.3, -0.25) is 0 Å². The summed E-state index contributed by atoms with van der Waals surface area (Å²) in [5, 5.41) is 9.74. The molecule has 7 heteroatoms. The van der Waals surface area contributed by atoms with E-state index in [1.165, 1.54) is 11.8 Å². The Labute approximate surface area is 126 Å². The number of hydrogen-bond donors (Lipinski definition) is 1. The number of carboxylic acid groups (broad SMARTS) is 1. The lowest BCUT2D eigenvalue weighted by molar-refractivity contribution is 0.0690. The van der Waals surface area contributed by atoms with E-state index in [-0.39, 0.29) is 5.56 Å². The van der Waals surface area contributed by atoms with Crippen LogP contribution in [0.1, 0.15) is 27.6 Å². The lowest BCUT2D eigenvalue weighted by atomic mass is 10.2. The van der Waals surface area contributed by atoms with Gasteiger partial charge in [-0.1, -0.05) is 17.8 Å². The van der Waals surface area contributed by atoms with Crippen molar-refractivity contribution in [1.29, 1.82) is 0 Å². The van der Waals surface area contributed by atoms with Crippen LogP contribution in [-0.2, 0) is 5.75 Å². The average molecular weight is 305 g/mol. The van der Waals surface area contributed by atoms with Gasteiger partial charge in [0.15, 0.2) is 0 Å². The fourth-order valence-corrected chi connectivity index (χ4v) is 2.85. The number of nitrogens with zero attached hydrogens (tertiary/aromatic N) is 3. The highest BCUT2D eigenvalue weighted by atomic mass is 32.2. The van der Waals surface area contributed by atoms with E-state index in [9.17, 15) is 9.90 Å². The molecule has 0 bridgehead atoms. The molecule has 0 atom stereocenters. The van der Waals surface area contributed by atoms with Crippen LogP contribution in [0.25, 0.3) is 0 Å². The van der Waals surface area contributed by atoms with Crippen molar-refractivity contribution in [2.24, 2.45) is 0 Å². The molecule has 2 rings (SSSR count). The predicted molar refractivity (Wildman–Crippen MR) is 78.8 cm³/mol. The van der Waals surface area contributed by atoms with Crippen LogP contribution in [0.3, 0.4) is 0 Å². The third-order valence-electron chi connectivity index (χ3n) is 2.73. The SMILES string of the molecule is COc1cccc(CSc2nc(C)nc(C)c2C(=O)O)n1. The van der Waals surface area contributed by atoms with Crippen LogP contribution in [0.4, 0.5) is 0 Å². The van der Waals surface area contributed by atoms with Crippen LogP contribution in [0.5, 0.6) is 5.88 Å². The van der Waals surface area contributed by atoms with Crippen molar-refractivity contribution >= 4 is 17.7 Å². The summed E-state index contributed by atoms with van der Waals surface area (Å²) in [7, 11) is 1.55. The molecular formula is C14H15N3O3S. The molecule has 21 heavy (non-hydrogen) atoms. The fraction of sp³-hybridized carbons (Fsp3) is 0.286. The number of aryl methyl sites for hydroxylation is 2. The average Bonchev–Trinajstić information content (AvgIpc) is 2.44. The number of carbonyl (C=O) groups is 1. The van der Waals surface area contributed by atoms with Crippen LogP contribution in [0, 0.1) is 13.8 Å². The maximum Gasteiger partial charge on any atom is 0.340 e. The van der Waals surface area contributed by atoms with Crippen LogP contribution in [0.15, 0.2) is 23.2 Å². The summed E-state index contributed by atoms with van der Waals surface area (Å²) in [5.41, 5.74) is 1.41. The molecule has 0 saturated carbocycles. The van der Waals surface area contributed by atoms with E-state index in [0.717, 1.165) is 5.69 Å². The summed E-state index contributed by atoms with van der Waals surface area (Å²) >= 11 is 1.33. The second-order valence-electron chi connectivity index (χ2n) is 4.30. The molecule has 0 aliphatic carbocycles. The van der Waals surface area contributed by atoms with Crippen LogP contribution in [-0.4, -0.2) is 33.1 Å². The zero-order chi connectivity index (χ0) is 15.4. The van der Waals surface area contributed by atoms with E-state index in [1.807, 2.05) is 12.1 Å². The summed E-state index contributed by atoms with van der Waals surface area (Å²) in [6.07, 6.45) is 0. The van der Waals surface area contributed by atoms with Crippen molar-refractivity contribution in [3.63, 3.8) is 0 Å². The molecule has 0 saturated heterocycles. The van der Waals surface area contributed by atoms with Crippen LogP contribution in [0.2, 0.25) is 0 Å². The highest BCUT2D eigenvalue weighted by Gasteiger charge is 2.17. The van der Waals surface area contributed by atoms with Gasteiger partial charge in [0, 0.05) is 11.8 Å². The molecule has 2 aromatic heterocycles. The van der Waals surface area contributed by atoms with Crippen LogP contribution >= 0.6 is 11.8 Å². The van der Waals surface area contributed by atoms with Gasteiger partial charge in [-0.05, 0) is 19.9 Å². The number of rotatable bonds is 5. The fourth-order valence-electron chi connectivity index (χ4n) is 1.83. The molecule has 0 aromatic carbocycles. The van der Waals surface area contributed by atoms with E-state index in [4.69, 9.17) is 4.74 Å². The van der Waals surface area contributed by atoms with Crippen molar-refractivity contribution < 1.29 is 14.6 Å². The molecule has 0 aliphatic heterocycles. The first-order valence-corrected chi connectivity index (χ1v) is 7.21. The Balaban J connectivity index is 2.25. The Bertz CT molecular complexity index is 677. The number of aromatic carboxylic acids is 1. The lowest BCUT2D eigenvalue weighted by Gasteiger charge is -2.08. The first-order valence-electron chi connectivity index (χ1n) is 6.22. The topological polar surface area (TPSA) is 85.2 Å². The summed E-state index contributed by atoms with van der Waals surface area (Å²) in [5.74, 6) is 0.571. The minimum atomic E-state index is -1.02. The van der Waals surface area contributed by atoms with Gasteiger partial charge < -0.3 is 9.84 Å². The maximum absolute atomic E-state index is 11.3. The molecule has 1 N–H and O–H groups in total. The molecule has 0 radical (unpaired) electrons. The number of methoxy groups -OCH3 is 1. The Hall–Kier alpha value is -2.15. The number of ether oxygens (including phenoxy) is 1. The predicted octanol–water partition coefficient (Wildman–Crippen LogP) is 2.49. The summed E-state index contributed by atoms with van der Waals surface area (Å²) in [6.45, 7) is 3.42. The van der Waals surface area contributed by atoms with Gasteiger partial charge in [0.05, 0.1) is 18.5 Å². The molecule has 0 spiro atoms. The third kappa shape index (κ3) is 3.69. The molecule has 6 nitrogen and oxygen atoms in total. The van der Waals surface area contributed by atoms with Gasteiger partial charge in [-0.25, -0.2) is 19.7 Å². The van der Waals surface area contributed by atoms with Crippen molar-refractivity contribution in [1.82, 2.24) is 15.0 Å². The van der Waals surface area contributed by atoms with E-state index >= 15 is 0 Å². The quantitative estimate of drug-likeness (QED) is 0.671. The largest absolute Gasteiger partial charge is 0.481 e. The van der Waals surface area contributed by atoms with Gasteiger partial charge in [0.2, 0.25) is 5.88 Å². The molecule has 2 aromatic rings. The highest BCUT2D eigenvalue weighted by molar-refractivity contribution is 7.98. The standard InChI is InChI=1S/C14H15N3O3S/c1-8-12(14(18)19)13(16-9(2)15-8)21-7-10-5-4-6-11(17-10)20-3/h4-6H,7H2,1-3H3,(H,18,19). The van der Waals surface area contributed by atoms with Gasteiger partial charge in [0.25, 0.3) is 0 Å². The van der Waals surface area contributed by atoms with Crippen molar-refractivity contribution in [3.8, 4) is 5.88 Å². The Morgan fingerprint density at radius 2 is 2.05 bits per heavy atom. The summed E-state index contributed by atoms with van der Waals surface area (Å²) in [4.78, 5) is 24.0. The monoisotopic (exact) mass is 305 g/mol. The molecule has 0 aliphatic rings. The molecule has 0 fully saturated rings. The normalized spacial score (nSPS) is 10.4. The minimum absolute atomic E-state index is 0.147. The summed E-state index contributed by atoms with van der Waals surface area (Å²) in [6, 6.07) is 5.46. The first kappa shape index (κ1) is 15.2. The summed E-state index contributed by atoms with van der Waals surface area (Å²) < 4.78 is 5.07.